The second kappa shape index (κ2) is 9.07. The molecular formula is C27H34O2. The normalized spacial score (nSPS) is 24.7. The van der Waals surface area contributed by atoms with Crippen LogP contribution in [0.5, 0.6) is 11.5 Å². The minimum Gasteiger partial charge on any atom is -0.497 e. The lowest BCUT2D eigenvalue weighted by molar-refractivity contribution is 0.220. The van der Waals surface area contributed by atoms with Gasteiger partial charge in [-0.1, -0.05) is 24.3 Å². The molecule has 0 amide bonds. The lowest BCUT2D eigenvalue weighted by Gasteiger charge is -2.36. The van der Waals surface area contributed by atoms with Gasteiger partial charge in [0.05, 0.1) is 14.2 Å². The van der Waals surface area contributed by atoms with Crippen molar-refractivity contribution < 1.29 is 9.47 Å². The first-order chi connectivity index (χ1) is 14.2. The van der Waals surface area contributed by atoms with Gasteiger partial charge in [-0.2, -0.15) is 0 Å². The molecule has 0 bridgehead atoms. The average Bonchev–Trinajstić information content (AvgIpc) is 2.79. The Morgan fingerprint density at radius 2 is 1.45 bits per heavy atom. The predicted octanol–water partition coefficient (Wildman–Crippen LogP) is 7.17. The lowest BCUT2D eigenvalue weighted by Crippen LogP contribution is -2.22. The van der Waals surface area contributed by atoms with Gasteiger partial charge in [-0.15, -0.1) is 0 Å². The van der Waals surface area contributed by atoms with Gasteiger partial charge in [0.15, 0.2) is 0 Å². The second-order valence-corrected chi connectivity index (χ2v) is 8.83. The van der Waals surface area contributed by atoms with Crippen molar-refractivity contribution in [3.63, 3.8) is 0 Å². The van der Waals surface area contributed by atoms with Crippen molar-refractivity contribution in [2.24, 2.45) is 11.8 Å². The molecule has 0 aliphatic heterocycles. The van der Waals surface area contributed by atoms with Gasteiger partial charge in [0.2, 0.25) is 0 Å². The third-order valence-electron chi connectivity index (χ3n) is 7.26. The van der Waals surface area contributed by atoms with E-state index in [4.69, 9.17) is 9.47 Å². The first-order valence-corrected chi connectivity index (χ1v) is 11.2. The molecule has 0 spiro atoms. The van der Waals surface area contributed by atoms with E-state index < -0.39 is 0 Å². The van der Waals surface area contributed by atoms with Crippen LogP contribution in [-0.2, 0) is 0 Å². The van der Waals surface area contributed by atoms with E-state index in [9.17, 15) is 0 Å². The Kier molecular flexibility index (Phi) is 6.28. The van der Waals surface area contributed by atoms with E-state index in [1.165, 1.54) is 67.2 Å². The molecule has 2 aliphatic carbocycles. The van der Waals surface area contributed by atoms with Crippen LogP contribution in [0.3, 0.4) is 0 Å². The van der Waals surface area contributed by atoms with Crippen molar-refractivity contribution in [1.29, 1.82) is 0 Å². The Hall–Kier alpha value is -2.22. The minimum absolute atomic E-state index is 0.730. The maximum absolute atomic E-state index is 5.36. The monoisotopic (exact) mass is 390 g/mol. The fourth-order valence-electron chi connectivity index (χ4n) is 5.45. The minimum atomic E-state index is 0.730. The summed E-state index contributed by atoms with van der Waals surface area (Å²) in [6.07, 6.45) is 11.8. The fourth-order valence-corrected chi connectivity index (χ4v) is 5.45. The molecule has 0 N–H and O–H groups in total. The standard InChI is InChI=1S/C27H34O2/c1-19-18-26(29-3)16-17-27(19)24-10-8-22(9-11-24)20-4-6-21(7-5-20)23-12-14-25(28-2)15-13-23/h10,12-18,20-22H,4-9,11H2,1-3H3. The molecule has 2 heteroatoms. The third kappa shape index (κ3) is 4.52. The van der Waals surface area contributed by atoms with E-state index in [2.05, 4.69) is 55.5 Å². The fraction of sp³-hybridized carbons (Fsp3) is 0.481. The molecule has 0 saturated heterocycles. The molecule has 0 heterocycles. The van der Waals surface area contributed by atoms with Crippen molar-refractivity contribution in [1.82, 2.24) is 0 Å². The Morgan fingerprint density at radius 3 is 2.03 bits per heavy atom. The number of ether oxygens (including phenoxy) is 2. The summed E-state index contributed by atoms with van der Waals surface area (Å²) >= 11 is 0. The Morgan fingerprint density at radius 1 is 0.759 bits per heavy atom. The first-order valence-electron chi connectivity index (χ1n) is 11.2. The van der Waals surface area contributed by atoms with E-state index in [0.717, 1.165) is 29.3 Å². The molecule has 154 valence electrons. The summed E-state index contributed by atoms with van der Waals surface area (Å²) in [7, 11) is 3.47. The molecule has 1 saturated carbocycles. The highest BCUT2D eigenvalue weighted by molar-refractivity contribution is 5.69. The SMILES string of the molecule is COc1ccc(C2CCC(C3CC=C(c4ccc(OC)cc4C)CC3)CC2)cc1. The van der Waals surface area contributed by atoms with Crippen LogP contribution in [0, 0.1) is 18.8 Å². The van der Waals surface area contributed by atoms with E-state index >= 15 is 0 Å². The molecule has 29 heavy (non-hydrogen) atoms. The van der Waals surface area contributed by atoms with Crippen LogP contribution >= 0.6 is 0 Å². The van der Waals surface area contributed by atoms with Gasteiger partial charge in [-0.25, -0.2) is 0 Å². The molecule has 2 aromatic rings. The summed E-state index contributed by atoms with van der Waals surface area (Å²) in [6.45, 7) is 2.20. The predicted molar refractivity (Wildman–Crippen MR) is 121 cm³/mol. The summed E-state index contributed by atoms with van der Waals surface area (Å²) in [5.41, 5.74) is 5.76. The quantitative estimate of drug-likeness (QED) is 0.539. The van der Waals surface area contributed by atoms with Crippen LogP contribution in [-0.4, -0.2) is 14.2 Å². The zero-order valence-corrected chi connectivity index (χ0v) is 18.1. The second-order valence-electron chi connectivity index (χ2n) is 8.83. The van der Waals surface area contributed by atoms with E-state index in [-0.39, 0.29) is 0 Å². The number of aryl methyl sites for hydroxylation is 1. The number of allylic oxidation sites excluding steroid dienone is 2. The van der Waals surface area contributed by atoms with Crippen LogP contribution in [0.15, 0.2) is 48.5 Å². The van der Waals surface area contributed by atoms with E-state index in [1.54, 1.807) is 14.2 Å². The van der Waals surface area contributed by atoms with Crippen molar-refractivity contribution in [3.8, 4) is 11.5 Å². The van der Waals surface area contributed by atoms with Crippen LogP contribution < -0.4 is 9.47 Å². The number of rotatable bonds is 5. The van der Waals surface area contributed by atoms with Gasteiger partial charge in [0, 0.05) is 0 Å². The van der Waals surface area contributed by atoms with E-state index in [0.29, 0.717) is 0 Å². The summed E-state index contributed by atoms with van der Waals surface area (Å²) in [4.78, 5) is 0. The molecule has 1 fully saturated rings. The van der Waals surface area contributed by atoms with Crippen molar-refractivity contribution in [3.05, 3.63) is 65.2 Å². The highest BCUT2D eigenvalue weighted by Gasteiger charge is 2.29. The van der Waals surface area contributed by atoms with Crippen LogP contribution in [0.1, 0.15) is 67.6 Å². The molecule has 2 nitrogen and oxygen atoms in total. The number of methoxy groups -OCH3 is 2. The molecule has 2 aromatic carbocycles. The molecule has 0 aromatic heterocycles. The summed E-state index contributed by atoms with van der Waals surface area (Å²) < 4.78 is 10.7. The Labute approximate surface area is 175 Å². The van der Waals surface area contributed by atoms with Crippen LogP contribution in [0.4, 0.5) is 0 Å². The smallest absolute Gasteiger partial charge is 0.119 e. The summed E-state index contributed by atoms with van der Waals surface area (Å²) in [6, 6.07) is 15.2. The molecule has 1 unspecified atom stereocenters. The zero-order chi connectivity index (χ0) is 20.2. The van der Waals surface area contributed by atoms with Gasteiger partial charge in [0.25, 0.3) is 0 Å². The zero-order valence-electron chi connectivity index (χ0n) is 18.1. The number of hydrogen-bond donors (Lipinski definition) is 0. The molecule has 1 atom stereocenters. The van der Waals surface area contributed by atoms with Gasteiger partial charge in [-0.3, -0.25) is 0 Å². The summed E-state index contributed by atoms with van der Waals surface area (Å²) in [5, 5.41) is 0. The average molecular weight is 391 g/mol. The highest BCUT2D eigenvalue weighted by Crippen LogP contribution is 2.44. The number of hydrogen-bond acceptors (Lipinski definition) is 2. The van der Waals surface area contributed by atoms with Gasteiger partial charge < -0.3 is 9.47 Å². The molecule has 0 radical (unpaired) electrons. The van der Waals surface area contributed by atoms with Gasteiger partial charge in [0.1, 0.15) is 11.5 Å². The summed E-state index contributed by atoms with van der Waals surface area (Å²) in [5.74, 6) is 4.41. The Bertz CT molecular complexity index is 841. The molecular weight excluding hydrogens is 356 g/mol. The van der Waals surface area contributed by atoms with Crippen LogP contribution in [0.2, 0.25) is 0 Å². The van der Waals surface area contributed by atoms with Crippen molar-refractivity contribution in [2.75, 3.05) is 14.2 Å². The van der Waals surface area contributed by atoms with E-state index in [1.807, 2.05) is 0 Å². The van der Waals surface area contributed by atoms with Crippen molar-refractivity contribution >= 4 is 5.57 Å². The maximum Gasteiger partial charge on any atom is 0.119 e. The Balaban J connectivity index is 1.33. The number of benzene rings is 2. The maximum atomic E-state index is 5.36. The topological polar surface area (TPSA) is 18.5 Å². The van der Waals surface area contributed by atoms with Crippen LogP contribution in [0.25, 0.3) is 5.57 Å². The van der Waals surface area contributed by atoms with Crippen molar-refractivity contribution in [2.45, 2.75) is 57.8 Å². The molecule has 4 rings (SSSR count). The molecule has 2 aliphatic rings. The van der Waals surface area contributed by atoms with Gasteiger partial charge in [-0.05, 0) is 116 Å². The highest BCUT2D eigenvalue weighted by atomic mass is 16.5. The largest absolute Gasteiger partial charge is 0.497 e. The third-order valence-corrected chi connectivity index (χ3v) is 7.26. The van der Waals surface area contributed by atoms with Gasteiger partial charge >= 0.3 is 0 Å². The first kappa shape index (κ1) is 20.1. The lowest BCUT2D eigenvalue weighted by atomic mass is 9.70.